The fourth-order valence-corrected chi connectivity index (χ4v) is 2.40. The molecule has 1 aromatic heterocycles. The van der Waals surface area contributed by atoms with Gasteiger partial charge in [0, 0.05) is 13.5 Å². The lowest BCUT2D eigenvalue weighted by Gasteiger charge is -2.17. The second-order valence-electron chi connectivity index (χ2n) is 5.21. The SMILES string of the molecule is Cc1oc(CN(C)C(=O)CC2C=CCC2)cc1C(=O)O. The Morgan fingerprint density at radius 1 is 1.50 bits per heavy atom. The van der Waals surface area contributed by atoms with Crippen LogP contribution in [0, 0.1) is 12.8 Å². The van der Waals surface area contributed by atoms with E-state index in [2.05, 4.69) is 12.2 Å². The summed E-state index contributed by atoms with van der Waals surface area (Å²) in [6, 6.07) is 1.48. The maximum absolute atomic E-state index is 12.1. The van der Waals surface area contributed by atoms with Crippen molar-refractivity contribution in [2.24, 2.45) is 5.92 Å². The van der Waals surface area contributed by atoms with Gasteiger partial charge in [0.15, 0.2) is 0 Å². The Morgan fingerprint density at radius 2 is 2.25 bits per heavy atom. The third-order valence-corrected chi connectivity index (χ3v) is 3.57. The van der Waals surface area contributed by atoms with Crippen LogP contribution in [-0.4, -0.2) is 28.9 Å². The normalized spacial score (nSPS) is 17.4. The van der Waals surface area contributed by atoms with Gasteiger partial charge in [0.05, 0.1) is 6.54 Å². The molecular weight excluding hydrogens is 258 g/mol. The highest BCUT2D eigenvalue weighted by atomic mass is 16.4. The number of furan rings is 1. The first-order valence-electron chi connectivity index (χ1n) is 6.70. The number of amides is 1. The molecular formula is C15H19NO4. The van der Waals surface area contributed by atoms with E-state index < -0.39 is 5.97 Å². The molecule has 0 saturated carbocycles. The molecule has 5 heteroatoms. The van der Waals surface area contributed by atoms with Crippen molar-refractivity contribution in [3.63, 3.8) is 0 Å². The summed E-state index contributed by atoms with van der Waals surface area (Å²) in [7, 11) is 1.71. The van der Waals surface area contributed by atoms with Crippen LogP contribution in [0.5, 0.6) is 0 Å². The number of carbonyl (C=O) groups excluding carboxylic acids is 1. The smallest absolute Gasteiger partial charge is 0.339 e. The van der Waals surface area contributed by atoms with E-state index in [0.717, 1.165) is 12.8 Å². The predicted molar refractivity (Wildman–Crippen MR) is 73.4 cm³/mol. The maximum Gasteiger partial charge on any atom is 0.339 e. The highest BCUT2D eigenvalue weighted by Gasteiger charge is 2.19. The Labute approximate surface area is 117 Å². The van der Waals surface area contributed by atoms with Crippen molar-refractivity contribution in [3.8, 4) is 0 Å². The van der Waals surface area contributed by atoms with Gasteiger partial charge >= 0.3 is 5.97 Å². The van der Waals surface area contributed by atoms with Gasteiger partial charge in [-0.3, -0.25) is 4.79 Å². The molecule has 0 bridgehead atoms. The minimum atomic E-state index is -1.01. The molecule has 1 amide bonds. The van der Waals surface area contributed by atoms with E-state index in [1.54, 1.807) is 18.9 Å². The van der Waals surface area contributed by atoms with Crippen LogP contribution in [0.1, 0.15) is 41.1 Å². The summed E-state index contributed by atoms with van der Waals surface area (Å²) >= 11 is 0. The van der Waals surface area contributed by atoms with Crippen LogP contribution in [0.4, 0.5) is 0 Å². The van der Waals surface area contributed by atoms with Gasteiger partial charge in [-0.2, -0.15) is 0 Å². The Balaban J connectivity index is 1.94. The second kappa shape index (κ2) is 5.94. The van der Waals surface area contributed by atoms with Crippen molar-refractivity contribution in [2.45, 2.75) is 32.7 Å². The monoisotopic (exact) mass is 277 g/mol. The lowest BCUT2D eigenvalue weighted by Crippen LogP contribution is -2.27. The summed E-state index contributed by atoms with van der Waals surface area (Å²) in [4.78, 5) is 24.6. The summed E-state index contributed by atoms with van der Waals surface area (Å²) in [5.41, 5.74) is 0.152. The third kappa shape index (κ3) is 3.29. The Morgan fingerprint density at radius 3 is 2.80 bits per heavy atom. The molecule has 0 fully saturated rings. The molecule has 1 N–H and O–H groups in total. The zero-order valence-corrected chi connectivity index (χ0v) is 11.8. The first kappa shape index (κ1) is 14.4. The van der Waals surface area contributed by atoms with Crippen molar-refractivity contribution >= 4 is 11.9 Å². The minimum Gasteiger partial charge on any atom is -0.478 e. The molecule has 20 heavy (non-hydrogen) atoms. The molecule has 0 radical (unpaired) electrons. The summed E-state index contributed by atoms with van der Waals surface area (Å²) < 4.78 is 5.38. The number of nitrogens with zero attached hydrogens (tertiary/aromatic N) is 1. The average Bonchev–Trinajstić information content (AvgIpc) is 2.98. The van der Waals surface area contributed by atoms with E-state index in [9.17, 15) is 9.59 Å². The zero-order chi connectivity index (χ0) is 14.7. The summed E-state index contributed by atoms with van der Waals surface area (Å²) in [6.07, 6.45) is 6.76. The molecule has 0 aromatic carbocycles. The van der Waals surface area contributed by atoms with E-state index in [-0.39, 0.29) is 11.5 Å². The number of allylic oxidation sites excluding steroid dienone is 2. The van der Waals surface area contributed by atoms with Crippen molar-refractivity contribution in [1.29, 1.82) is 0 Å². The topological polar surface area (TPSA) is 70.8 Å². The summed E-state index contributed by atoms with van der Waals surface area (Å²) in [5, 5.41) is 8.96. The average molecular weight is 277 g/mol. The standard InChI is InChI=1S/C15H19NO4/c1-10-13(15(18)19)8-12(20-10)9-16(2)14(17)7-11-5-3-4-6-11/h3,5,8,11H,4,6-7,9H2,1-2H3,(H,18,19). The van der Waals surface area contributed by atoms with Gasteiger partial charge in [-0.15, -0.1) is 0 Å². The zero-order valence-electron chi connectivity index (χ0n) is 11.8. The Bertz CT molecular complexity index is 544. The Hall–Kier alpha value is -2.04. The molecule has 1 aromatic rings. The minimum absolute atomic E-state index is 0.0486. The lowest BCUT2D eigenvalue weighted by molar-refractivity contribution is -0.131. The number of carboxylic acid groups (broad SMARTS) is 1. The highest BCUT2D eigenvalue weighted by molar-refractivity contribution is 5.88. The molecule has 5 nitrogen and oxygen atoms in total. The van der Waals surface area contributed by atoms with E-state index in [1.165, 1.54) is 6.07 Å². The lowest BCUT2D eigenvalue weighted by atomic mass is 10.0. The van der Waals surface area contributed by atoms with E-state index in [4.69, 9.17) is 9.52 Å². The first-order chi connectivity index (χ1) is 9.47. The van der Waals surface area contributed by atoms with Crippen LogP contribution < -0.4 is 0 Å². The molecule has 0 aliphatic heterocycles. The highest BCUT2D eigenvalue weighted by Crippen LogP contribution is 2.22. The summed E-state index contributed by atoms with van der Waals surface area (Å²) in [5.74, 6) is 0.234. The molecule has 0 saturated heterocycles. The van der Waals surface area contributed by atoms with Gasteiger partial charge in [0.1, 0.15) is 17.1 Å². The number of carboxylic acids is 1. The van der Waals surface area contributed by atoms with Gasteiger partial charge in [-0.1, -0.05) is 12.2 Å². The fourth-order valence-electron chi connectivity index (χ4n) is 2.40. The van der Waals surface area contributed by atoms with Crippen LogP contribution >= 0.6 is 0 Å². The van der Waals surface area contributed by atoms with Gasteiger partial charge in [0.25, 0.3) is 0 Å². The van der Waals surface area contributed by atoms with E-state index in [1.807, 2.05) is 0 Å². The molecule has 1 aliphatic carbocycles. The number of hydrogen-bond acceptors (Lipinski definition) is 3. The van der Waals surface area contributed by atoms with Crippen molar-refractivity contribution in [3.05, 3.63) is 35.3 Å². The number of aromatic carboxylic acids is 1. The van der Waals surface area contributed by atoms with Crippen molar-refractivity contribution in [2.75, 3.05) is 7.05 Å². The molecule has 1 unspecified atom stereocenters. The number of aryl methyl sites for hydroxylation is 1. The number of hydrogen-bond donors (Lipinski definition) is 1. The van der Waals surface area contributed by atoms with Gasteiger partial charge in [0.2, 0.25) is 5.91 Å². The van der Waals surface area contributed by atoms with E-state index in [0.29, 0.717) is 30.4 Å². The predicted octanol–water partition coefficient (Wildman–Crippen LogP) is 2.60. The van der Waals surface area contributed by atoms with Gasteiger partial charge in [-0.25, -0.2) is 4.79 Å². The second-order valence-corrected chi connectivity index (χ2v) is 5.21. The molecule has 2 rings (SSSR count). The summed E-state index contributed by atoms with van der Waals surface area (Å²) in [6.45, 7) is 1.90. The molecule has 0 spiro atoms. The van der Waals surface area contributed by atoms with Crippen LogP contribution in [0.15, 0.2) is 22.6 Å². The van der Waals surface area contributed by atoms with Crippen LogP contribution in [0.3, 0.4) is 0 Å². The molecule has 1 atom stereocenters. The molecule has 108 valence electrons. The maximum atomic E-state index is 12.1. The quantitative estimate of drug-likeness (QED) is 0.840. The number of rotatable bonds is 5. The van der Waals surface area contributed by atoms with Crippen molar-refractivity contribution < 1.29 is 19.1 Å². The third-order valence-electron chi connectivity index (χ3n) is 3.57. The Kier molecular flexibility index (Phi) is 4.27. The first-order valence-corrected chi connectivity index (χ1v) is 6.70. The molecule has 1 aliphatic rings. The molecule has 1 heterocycles. The van der Waals surface area contributed by atoms with Crippen LogP contribution in [-0.2, 0) is 11.3 Å². The largest absolute Gasteiger partial charge is 0.478 e. The van der Waals surface area contributed by atoms with Gasteiger partial charge in [-0.05, 0) is 31.7 Å². The van der Waals surface area contributed by atoms with Crippen LogP contribution in [0.25, 0.3) is 0 Å². The van der Waals surface area contributed by atoms with Crippen LogP contribution in [0.2, 0.25) is 0 Å². The van der Waals surface area contributed by atoms with Crippen molar-refractivity contribution in [1.82, 2.24) is 4.90 Å². The van der Waals surface area contributed by atoms with Gasteiger partial charge < -0.3 is 14.4 Å². The van der Waals surface area contributed by atoms with E-state index >= 15 is 0 Å². The fraction of sp³-hybridized carbons (Fsp3) is 0.467. The number of carbonyl (C=O) groups is 2.